The molecule has 2 atom stereocenters. The van der Waals surface area contributed by atoms with Crippen molar-refractivity contribution < 1.29 is 19.1 Å². The summed E-state index contributed by atoms with van der Waals surface area (Å²) in [5, 5.41) is 0. The maximum atomic E-state index is 12.7. The monoisotopic (exact) mass is 298 g/mol. The van der Waals surface area contributed by atoms with Gasteiger partial charge in [0.05, 0.1) is 6.61 Å². The Morgan fingerprint density at radius 1 is 1.38 bits per heavy atom. The van der Waals surface area contributed by atoms with Crippen LogP contribution in [0.2, 0.25) is 0 Å². The van der Waals surface area contributed by atoms with Gasteiger partial charge in [0, 0.05) is 26.1 Å². The van der Waals surface area contributed by atoms with Crippen molar-refractivity contribution in [3.63, 3.8) is 0 Å². The summed E-state index contributed by atoms with van der Waals surface area (Å²) in [4.78, 5) is 26.7. The maximum Gasteiger partial charge on any atom is 0.323 e. The Morgan fingerprint density at radius 2 is 2.00 bits per heavy atom. The molecule has 0 aliphatic carbocycles. The zero-order chi connectivity index (χ0) is 15.6. The molecule has 3 fully saturated rings. The van der Waals surface area contributed by atoms with E-state index in [1.165, 1.54) is 0 Å². The Balaban J connectivity index is 2.09. The van der Waals surface area contributed by atoms with E-state index in [-0.39, 0.29) is 30.8 Å². The first-order valence-corrected chi connectivity index (χ1v) is 7.63. The lowest BCUT2D eigenvalue weighted by molar-refractivity contribution is -0.168. The van der Waals surface area contributed by atoms with Crippen molar-refractivity contribution >= 4 is 11.8 Å². The van der Waals surface area contributed by atoms with E-state index in [0.717, 1.165) is 25.9 Å². The van der Waals surface area contributed by atoms with Crippen molar-refractivity contribution in [2.75, 3.05) is 33.4 Å². The standard InChI is InChI=1S/C15H26N2O4/c1-10(2)12(16)14(19)21-9-15(8-20-3)13(18)11-4-6-17(15)7-5-11/h10-12H,4-9,16H2,1-3H3/t12-,15?/m0/s1. The van der Waals surface area contributed by atoms with Gasteiger partial charge in [-0.3, -0.25) is 14.5 Å². The Bertz CT molecular complexity index is 404. The van der Waals surface area contributed by atoms with E-state index in [9.17, 15) is 9.59 Å². The number of carbonyl (C=O) groups excluding carboxylic acids is 2. The highest BCUT2D eigenvalue weighted by Gasteiger charge is 2.54. The molecule has 0 radical (unpaired) electrons. The van der Waals surface area contributed by atoms with Crippen LogP contribution >= 0.6 is 0 Å². The van der Waals surface area contributed by atoms with Crippen molar-refractivity contribution in [2.24, 2.45) is 17.6 Å². The van der Waals surface area contributed by atoms with Gasteiger partial charge in [0.15, 0.2) is 5.78 Å². The minimum absolute atomic E-state index is 0.00897. The van der Waals surface area contributed by atoms with E-state index >= 15 is 0 Å². The van der Waals surface area contributed by atoms with Gasteiger partial charge in [0.25, 0.3) is 0 Å². The second kappa shape index (κ2) is 6.42. The van der Waals surface area contributed by atoms with E-state index in [4.69, 9.17) is 15.2 Å². The summed E-state index contributed by atoms with van der Waals surface area (Å²) in [7, 11) is 1.57. The normalized spacial score (nSPS) is 33.3. The summed E-state index contributed by atoms with van der Waals surface area (Å²) in [5.74, 6) is -0.221. The van der Waals surface area contributed by atoms with E-state index in [0.29, 0.717) is 0 Å². The average molecular weight is 298 g/mol. The lowest BCUT2D eigenvalue weighted by Crippen LogP contribution is -2.69. The van der Waals surface area contributed by atoms with Crippen LogP contribution in [0.25, 0.3) is 0 Å². The number of ether oxygens (including phenoxy) is 2. The van der Waals surface area contributed by atoms with Crippen molar-refractivity contribution in [1.29, 1.82) is 0 Å². The number of hydrogen-bond acceptors (Lipinski definition) is 6. The molecule has 6 heteroatoms. The van der Waals surface area contributed by atoms with Crippen molar-refractivity contribution in [3.05, 3.63) is 0 Å². The van der Waals surface area contributed by atoms with Crippen LogP contribution in [0.5, 0.6) is 0 Å². The van der Waals surface area contributed by atoms with Gasteiger partial charge in [-0.1, -0.05) is 13.8 Å². The number of fused-ring (bicyclic) bond motifs is 3. The molecule has 3 rings (SSSR count). The fraction of sp³-hybridized carbons (Fsp3) is 0.867. The highest BCUT2D eigenvalue weighted by molar-refractivity contribution is 5.92. The second-order valence-electron chi connectivity index (χ2n) is 6.47. The first kappa shape index (κ1) is 16.4. The van der Waals surface area contributed by atoms with Crippen LogP contribution < -0.4 is 5.73 Å². The maximum absolute atomic E-state index is 12.7. The van der Waals surface area contributed by atoms with Gasteiger partial charge in [0.2, 0.25) is 0 Å². The van der Waals surface area contributed by atoms with Crippen LogP contribution in [0.1, 0.15) is 26.7 Å². The number of methoxy groups -OCH3 is 1. The van der Waals surface area contributed by atoms with Gasteiger partial charge >= 0.3 is 5.97 Å². The number of hydrogen-bond donors (Lipinski definition) is 1. The molecule has 3 saturated heterocycles. The number of carbonyl (C=O) groups is 2. The molecule has 0 spiro atoms. The fourth-order valence-electron chi connectivity index (χ4n) is 3.27. The number of nitrogens with two attached hydrogens (primary N) is 1. The van der Waals surface area contributed by atoms with E-state index < -0.39 is 17.6 Å². The third-order valence-electron chi connectivity index (χ3n) is 4.76. The molecule has 2 bridgehead atoms. The van der Waals surface area contributed by atoms with Crippen LogP contribution in [0.3, 0.4) is 0 Å². The van der Waals surface area contributed by atoms with Gasteiger partial charge in [-0.2, -0.15) is 0 Å². The molecular formula is C15H26N2O4. The lowest BCUT2D eigenvalue weighted by Gasteiger charge is -2.51. The van der Waals surface area contributed by atoms with Crippen LogP contribution in [0, 0.1) is 11.8 Å². The smallest absolute Gasteiger partial charge is 0.323 e. The van der Waals surface area contributed by atoms with Crippen molar-refractivity contribution in [3.8, 4) is 0 Å². The molecule has 0 saturated carbocycles. The topological polar surface area (TPSA) is 81.9 Å². The van der Waals surface area contributed by atoms with Gasteiger partial charge in [-0.15, -0.1) is 0 Å². The van der Waals surface area contributed by atoms with Gasteiger partial charge in [-0.25, -0.2) is 0 Å². The molecule has 120 valence electrons. The Kier molecular flexibility index (Phi) is 5.01. The molecule has 3 heterocycles. The lowest BCUT2D eigenvalue weighted by atomic mass is 9.74. The highest BCUT2D eigenvalue weighted by Crippen LogP contribution is 2.36. The number of esters is 1. The molecule has 0 aromatic heterocycles. The minimum Gasteiger partial charge on any atom is -0.462 e. The summed E-state index contributed by atoms with van der Waals surface area (Å²) in [6.07, 6.45) is 1.79. The van der Waals surface area contributed by atoms with Crippen LogP contribution in [-0.4, -0.2) is 61.6 Å². The van der Waals surface area contributed by atoms with Crippen LogP contribution in [0.15, 0.2) is 0 Å². The molecule has 2 N–H and O–H groups in total. The highest BCUT2D eigenvalue weighted by atomic mass is 16.5. The molecule has 3 aliphatic rings. The molecule has 0 amide bonds. The van der Waals surface area contributed by atoms with Gasteiger partial charge in [0.1, 0.15) is 18.2 Å². The van der Waals surface area contributed by atoms with E-state index in [1.807, 2.05) is 13.8 Å². The van der Waals surface area contributed by atoms with Gasteiger partial charge < -0.3 is 15.2 Å². The SMILES string of the molecule is COCC1(COC(=O)[C@@H](N)C(C)C)C(=O)C2CCN1CC2. The number of piperidine rings is 3. The summed E-state index contributed by atoms with van der Waals surface area (Å²) < 4.78 is 10.6. The summed E-state index contributed by atoms with van der Waals surface area (Å²) in [6, 6.07) is -0.657. The van der Waals surface area contributed by atoms with E-state index in [1.54, 1.807) is 7.11 Å². The predicted octanol–water partition coefficient (Wildman–Crippen LogP) is 0.193. The van der Waals surface area contributed by atoms with Crippen LogP contribution in [0.4, 0.5) is 0 Å². The molecule has 3 aliphatic heterocycles. The molecule has 0 aromatic rings. The molecule has 0 aromatic carbocycles. The molecule has 1 unspecified atom stereocenters. The Hall–Kier alpha value is -0.980. The third kappa shape index (κ3) is 2.98. The Morgan fingerprint density at radius 3 is 2.48 bits per heavy atom. The molecule has 6 nitrogen and oxygen atoms in total. The summed E-state index contributed by atoms with van der Waals surface area (Å²) in [5.41, 5.74) is 4.98. The summed E-state index contributed by atoms with van der Waals surface area (Å²) >= 11 is 0. The quantitative estimate of drug-likeness (QED) is 0.705. The number of rotatable bonds is 6. The number of ketones is 1. The van der Waals surface area contributed by atoms with Crippen molar-refractivity contribution in [1.82, 2.24) is 4.90 Å². The predicted molar refractivity (Wildman–Crippen MR) is 77.7 cm³/mol. The average Bonchev–Trinajstić information content (AvgIpc) is 2.49. The third-order valence-corrected chi connectivity index (χ3v) is 4.76. The largest absolute Gasteiger partial charge is 0.462 e. The minimum atomic E-state index is -0.817. The second-order valence-corrected chi connectivity index (χ2v) is 6.47. The zero-order valence-corrected chi connectivity index (χ0v) is 13.1. The fourth-order valence-corrected chi connectivity index (χ4v) is 3.27. The van der Waals surface area contributed by atoms with Crippen LogP contribution in [-0.2, 0) is 19.1 Å². The molecule has 21 heavy (non-hydrogen) atoms. The Labute approximate surface area is 125 Å². The van der Waals surface area contributed by atoms with Crippen molar-refractivity contribution in [2.45, 2.75) is 38.3 Å². The van der Waals surface area contributed by atoms with Gasteiger partial charge in [-0.05, 0) is 18.8 Å². The molecular weight excluding hydrogens is 272 g/mol. The first-order chi connectivity index (χ1) is 9.92. The first-order valence-electron chi connectivity index (χ1n) is 7.63. The number of Topliss-reactive ketones (excluding diaryl/α,β-unsaturated/α-hetero) is 1. The zero-order valence-electron chi connectivity index (χ0n) is 13.1. The number of nitrogens with zero attached hydrogens (tertiary/aromatic N) is 1. The summed E-state index contributed by atoms with van der Waals surface area (Å²) in [6.45, 7) is 5.74. The van der Waals surface area contributed by atoms with E-state index in [2.05, 4.69) is 4.90 Å².